The number of anilines is 2. The number of nitrogens with zero attached hydrogens (tertiary/aromatic N) is 5. The van der Waals surface area contributed by atoms with Crippen LogP contribution in [0.15, 0.2) is 43.0 Å². The molecule has 11 heteroatoms. The van der Waals surface area contributed by atoms with Crippen LogP contribution in [-0.2, 0) is 4.74 Å². The van der Waals surface area contributed by atoms with Crippen molar-refractivity contribution in [3.05, 3.63) is 43.0 Å². The molecular formula is C22H23N9O2. The second-order valence-electron chi connectivity index (χ2n) is 7.80. The van der Waals surface area contributed by atoms with E-state index >= 15 is 0 Å². The number of ether oxygens (including phenoxy) is 2. The Morgan fingerprint density at radius 3 is 3.03 bits per heavy atom. The predicted molar refractivity (Wildman–Crippen MR) is 124 cm³/mol. The first-order valence-electron chi connectivity index (χ1n) is 10.9. The van der Waals surface area contributed by atoms with Crippen LogP contribution in [0.25, 0.3) is 33.6 Å². The van der Waals surface area contributed by atoms with Crippen molar-refractivity contribution in [3.8, 4) is 17.3 Å². The summed E-state index contributed by atoms with van der Waals surface area (Å²) in [6.45, 7) is 5.00. The summed E-state index contributed by atoms with van der Waals surface area (Å²) in [6.07, 6.45) is 5.13. The SMILES string of the molecule is c1nc(Nc2c[nH]nc2-c2nc3cc(OCCN4CCOCC4)ccc3[nH]2)c2cc[nH]c2n1. The van der Waals surface area contributed by atoms with Gasteiger partial charge in [-0.1, -0.05) is 0 Å². The molecular weight excluding hydrogens is 422 g/mol. The molecule has 1 aromatic carbocycles. The first kappa shape index (κ1) is 19.7. The van der Waals surface area contributed by atoms with Gasteiger partial charge in [-0.25, -0.2) is 15.0 Å². The van der Waals surface area contributed by atoms with Gasteiger partial charge >= 0.3 is 0 Å². The smallest absolute Gasteiger partial charge is 0.161 e. The molecule has 0 saturated carbocycles. The fourth-order valence-electron chi connectivity index (χ4n) is 3.97. The Hall–Kier alpha value is -3.96. The van der Waals surface area contributed by atoms with Crippen molar-refractivity contribution in [1.29, 1.82) is 0 Å². The molecule has 0 atom stereocenters. The minimum absolute atomic E-state index is 0.628. The maximum atomic E-state index is 5.97. The first-order chi connectivity index (χ1) is 16.3. The molecule has 0 unspecified atom stereocenters. The van der Waals surface area contributed by atoms with Crippen LogP contribution in [-0.4, -0.2) is 79.5 Å². The molecule has 0 radical (unpaired) electrons. The lowest BCUT2D eigenvalue weighted by molar-refractivity contribution is 0.0322. The van der Waals surface area contributed by atoms with E-state index in [4.69, 9.17) is 14.5 Å². The minimum atomic E-state index is 0.628. The van der Waals surface area contributed by atoms with Crippen molar-refractivity contribution in [2.45, 2.75) is 0 Å². The van der Waals surface area contributed by atoms with Gasteiger partial charge in [-0.05, 0) is 18.2 Å². The monoisotopic (exact) mass is 445 g/mol. The summed E-state index contributed by atoms with van der Waals surface area (Å²) in [5.74, 6) is 2.14. The lowest BCUT2D eigenvalue weighted by Gasteiger charge is -2.26. The second kappa shape index (κ2) is 8.52. The minimum Gasteiger partial charge on any atom is -0.492 e. The highest BCUT2D eigenvalue weighted by molar-refractivity contribution is 5.90. The van der Waals surface area contributed by atoms with Gasteiger partial charge in [-0.2, -0.15) is 5.10 Å². The van der Waals surface area contributed by atoms with Gasteiger partial charge in [0.05, 0.1) is 35.3 Å². The summed E-state index contributed by atoms with van der Waals surface area (Å²) in [7, 11) is 0. The van der Waals surface area contributed by atoms with Crippen LogP contribution in [0.2, 0.25) is 0 Å². The third-order valence-electron chi connectivity index (χ3n) is 5.71. The van der Waals surface area contributed by atoms with E-state index in [1.54, 1.807) is 6.20 Å². The first-order valence-corrected chi connectivity index (χ1v) is 10.9. The average molecular weight is 445 g/mol. The summed E-state index contributed by atoms with van der Waals surface area (Å²) in [5, 5.41) is 11.5. The molecule has 1 saturated heterocycles. The van der Waals surface area contributed by atoms with Crippen LogP contribution < -0.4 is 10.1 Å². The molecule has 1 aliphatic rings. The number of nitrogens with one attached hydrogen (secondary N) is 4. The lowest BCUT2D eigenvalue weighted by atomic mass is 10.3. The van der Waals surface area contributed by atoms with Crippen LogP contribution in [0, 0.1) is 0 Å². The Kier molecular flexibility index (Phi) is 5.09. The maximum Gasteiger partial charge on any atom is 0.161 e. The number of fused-ring (bicyclic) bond motifs is 2. The number of morpholine rings is 1. The van der Waals surface area contributed by atoms with Gasteiger partial charge in [0, 0.05) is 38.1 Å². The molecule has 1 fully saturated rings. The highest BCUT2D eigenvalue weighted by atomic mass is 16.5. The van der Waals surface area contributed by atoms with Gasteiger partial charge in [0.25, 0.3) is 0 Å². The van der Waals surface area contributed by atoms with E-state index in [0.717, 1.165) is 66.4 Å². The highest BCUT2D eigenvalue weighted by Gasteiger charge is 2.16. The number of rotatable bonds is 7. The van der Waals surface area contributed by atoms with Gasteiger partial charge in [-0.3, -0.25) is 10.00 Å². The Bertz CT molecular complexity index is 1380. The van der Waals surface area contributed by atoms with Crippen LogP contribution in [0.1, 0.15) is 0 Å². The zero-order valence-electron chi connectivity index (χ0n) is 17.8. The molecule has 4 N–H and O–H groups in total. The maximum absolute atomic E-state index is 5.97. The van der Waals surface area contributed by atoms with E-state index in [1.165, 1.54) is 6.33 Å². The van der Waals surface area contributed by atoms with Crippen molar-refractivity contribution in [1.82, 2.24) is 40.0 Å². The van der Waals surface area contributed by atoms with Crippen molar-refractivity contribution in [2.24, 2.45) is 0 Å². The number of H-pyrrole nitrogens is 3. The zero-order valence-corrected chi connectivity index (χ0v) is 17.8. The Balaban J connectivity index is 1.20. The molecule has 0 bridgehead atoms. The molecule has 0 aliphatic carbocycles. The molecule has 4 aromatic heterocycles. The van der Waals surface area contributed by atoms with Crippen LogP contribution >= 0.6 is 0 Å². The highest BCUT2D eigenvalue weighted by Crippen LogP contribution is 2.30. The van der Waals surface area contributed by atoms with Gasteiger partial charge in [-0.15, -0.1) is 0 Å². The van der Waals surface area contributed by atoms with Crippen LogP contribution in [0.5, 0.6) is 5.75 Å². The predicted octanol–water partition coefficient (Wildman–Crippen LogP) is 2.68. The summed E-state index contributed by atoms with van der Waals surface area (Å²) in [5.41, 5.74) is 3.93. The number of aromatic nitrogens is 7. The van der Waals surface area contributed by atoms with E-state index < -0.39 is 0 Å². The Morgan fingerprint density at radius 2 is 2.09 bits per heavy atom. The number of benzene rings is 1. The van der Waals surface area contributed by atoms with E-state index in [0.29, 0.717) is 23.9 Å². The Morgan fingerprint density at radius 1 is 1.15 bits per heavy atom. The van der Waals surface area contributed by atoms with Crippen LogP contribution in [0.4, 0.5) is 11.5 Å². The number of hydrogen-bond donors (Lipinski definition) is 4. The third kappa shape index (κ3) is 3.99. The number of hydrogen-bond acceptors (Lipinski definition) is 8. The quantitative estimate of drug-likeness (QED) is 0.301. The molecule has 0 amide bonds. The fourth-order valence-corrected chi connectivity index (χ4v) is 3.97. The summed E-state index contributed by atoms with van der Waals surface area (Å²) >= 11 is 0. The molecule has 168 valence electrons. The van der Waals surface area contributed by atoms with E-state index in [2.05, 4.69) is 40.3 Å². The van der Waals surface area contributed by atoms with Gasteiger partial charge in [0.15, 0.2) is 11.5 Å². The lowest BCUT2D eigenvalue weighted by Crippen LogP contribution is -2.38. The molecule has 11 nitrogen and oxygen atoms in total. The van der Waals surface area contributed by atoms with Crippen molar-refractivity contribution in [3.63, 3.8) is 0 Å². The normalized spacial score (nSPS) is 14.8. The summed E-state index contributed by atoms with van der Waals surface area (Å²) < 4.78 is 11.4. The molecule has 6 rings (SSSR count). The molecule has 0 spiro atoms. The Labute approximate surface area is 188 Å². The number of imidazole rings is 1. The van der Waals surface area contributed by atoms with E-state index in [1.807, 2.05) is 30.5 Å². The molecule has 1 aliphatic heterocycles. The van der Waals surface area contributed by atoms with Gasteiger partial charge in [0.2, 0.25) is 0 Å². The van der Waals surface area contributed by atoms with Crippen LogP contribution in [0.3, 0.4) is 0 Å². The number of aromatic amines is 3. The van der Waals surface area contributed by atoms with E-state index in [9.17, 15) is 0 Å². The topological polar surface area (TPSA) is 133 Å². The standard InChI is InChI=1S/C22H23N9O2/c1-2-16-17(11-14(1)33-10-7-31-5-8-32-9-6-31)28-22(27-16)19-18(12-26-30-19)29-21-15-3-4-23-20(15)24-13-25-21/h1-4,11-13H,5-10H2,(H,26,30)(H,27,28)(H2,23,24,25,29). The fraction of sp³-hybridized carbons (Fsp3) is 0.273. The third-order valence-corrected chi connectivity index (χ3v) is 5.71. The zero-order chi connectivity index (χ0) is 22.0. The molecule has 33 heavy (non-hydrogen) atoms. The molecule has 5 aromatic rings. The van der Waals surface area contributed by atoms with E-state index in [-0.39, 0.29) is 0 Å². The average Bonchev–Trinajstić information content (AvgIpc) is 3.59. The summed E-state index contributed by atoms with van der Waals surface area (Å²) in [6, 6.07) is 7.81. The summed E-state index contributed by atoms with van der Waals surface area (Å²) in [4.78, 5) is 22.1. The van der Waals surface area contributed by atoms with Crippen molar-refractivity contribution in [2.75, 3.05) is 44.8 Å². The van der Waals surface area contributed by atoms with Gasteiger partial charge in [0.1, 0.15) is 30.1 Å². The van der Waals surface area contributed by atoms with Crippen molar-refractivity contribution < 1.29 is 9.47 Å². The largest absolute Gasteiger partial charge is 0.492 e. The second-order valence-corrected chi connectivity index (χ2v) is 7.80. The molecule has 5 heterocycles. The van der Waals surface area contributed by atoms with Crippen molar-refractivity contribution >= 4 is 33.6 Å². The van der Waals surface area contributed by atoms with Gasteiger partial charge < -0.3 is 24.8 Å².